The number of carbonyl (C=O) groups is 8. The van der Waals surface area contributed by atoms with Gasteiger partial charge in [-0.15, -0.1) is 0 Å². The van der Waals surface area contributed by atoms with Crippen molar-refractivity contribution in [2.75, 3.05) is 25.1 Å². The molecule has 4 atom stereocenters. The minimum Gasteiger partial charge on any atom is -0.348 e. The third-order valence-electron chi connectivity index (χ3n) is 11.8. The maximum absolute atomic E-state index is 13.9. The number of likely N-dealkylation sites (tertiary alicyclic amines) is 1. The molecule has 0 aliphatic carbocycles. The van der Waals surface area contributed by atoms with Gasteiger partial charge in [0, 0.05) is 37.3 Å². The van der Waals surface area contributed by atoms with Crippen LogP contribution >= 0.6 is 0 Å². The molecule has 24 heteroatoms. The molecule has 1 aliphatic heterocycles. The third kappa shape index (κ3) is 18.4. The summed E-state index contributed by atoms with van der Waals surface area (Å²) < 4.78 is 32.6. The first-order valence-corrected chi connectivity index (χ1v) is 25.7. The number of nitrogens with two attached hydrogens (primary N) is 1. The van der Waals surface area contributed by atoms with Crippen LogP contribution in [-0.4, -0.2) is 120 Å². The van der Waals surface area contributed by atoms with Gasteiger partial charge >= 0.3 is 0 Å². The monoisotopic (exact) mass is 1050 g/mol. The molecule has 11 N–H and O–H groups in total. The lowest BCUT2D eigenvalue weighted by molar-refractivity contribution is -0.138. The number of hydrazone groups is 1. The summed E-state index contributed by atoms with van der Waals surface area (Å²) in [6, 6.07) is 20.1. The molecule has 23 nitrogen and oxygen atoms in total. The van der Waals surface area contributed by atoms with Gasteiger partial charge in [0.25, 0.3) is 27.8 Å². The number of aryl methyl sites for hydroxylation is 1. The number of nitrogens with one attached hydrogen (secondary N) is 8. The first-order chi connectivity index (χ1) is 35.8. The largest absolute Gasteiger partial charge is 0.348 e. The lowest BCUT2D eigenvalue weighted by Crippen LogP contribution is -2.57. The average molecular weight is 1050 g/mol. The van der Waals surface area contributed by atoms with Crippen molar-refractivity contribution in [2.24, 2.45) is 16.8 Å². The third-order valence-corrected chi connectivity index (χ3v) is 12.8. The van der Waals surface area contributed by atoms with Crippen LogP contribution in [-0.2, 0) is 51.9 Å². The van der Waals surface area contributed by atoms with Crippen LogP contribution in [0.2, 0.25) is 0 Å². The quantitative estimate of drug-likeness (QED) is 0.0255. The molecule has 0 unspecified atom stereocenters. The van der Waals surface area contributed by atoms with E-state index in [4.69, 9.17) is 5.73 Å². The zero-order chi connectivity index (χ0) is 54.5. The van der Waals surface area contributed by atoms with Crippen LogP contribution in [0, 0.1) is 5.92 Å². The summed E-state index contributed by atoms with van der Waals surface area (Å²) >= 11 is 0. The highest BCUT2D eigenvalue weighted by Crippen LogP contribution is 2.18. The van der Waals surface area contributed by atoms with Gasteiger partial charge in [0.05, 0.1) is 18.3 Å². The van der Waals surface area contributed by atoms with Crippen LogP contribution in [0.3, 0.4) is 0 Å². The minimum atomic E-state index is -4.46. The topological polar surface area (TPSA) is 342 Å². The van der Waals surface area contributed by atoms with Gasteiger partial charge in [-0.25, -0.2) is 4.98 Å². The number of amides is 8. The van der Waals surface area contributed by atoms with Gasteiger partial charge in [0.2, 0.25) is 29.5 Å². The molecular weight excluding hydrogens is 989 g/mol. The molecule has 0 radical (unpaired) electrons. The van der Waals surface area contributed by atoms with Crippen molar-refractivity contribution in [1.29, 1.82) is 0 Å². The van der Waals surface area contributed by atoms with E-state index in [1.807, 2.05) is 44.2 Å². The Labute approximate surface area is 434 Å². The first kappa shape index (κ1) is 57.8. The molecule has 4 aromatic rings. The molecule has 400 valence electrons. The van der Waals surface area contributed by atoms with E-state index in [0.29, 0.717) is 37.8 Å². The summed E-state index contributed by atoms with van der Waals surface area (Å²) in [5, 5.41) is 17.3. The number of anilines is 1. The zero-order valence-electron chi connectivity index (χ0n) is 41.8. The second-order valence-corrected chi connectivity index (χ2v) is 19.4. The first-order valence-electron chi connectivity index (χ1n) is 24.3. The molecule has 2 heterocycles. The lowest BCUT2D eigenvalue weighted by atomic mass is 10.0. The number of hydrazine groups is 1. The van der Waals surface area contributed by atoms with E-state index in [2.05, 4.69) is 52.9 Å². The Balaban J connectivity index is 1.13. The number of nitrogens with zero attached hydrogens (tertiary/aromatic N) is 3. The Hall–Kier alpha value is -8.09. The number of benzene rings is 3. The standard InChI is InChI=1S/C51H64N12O11S/c1-32(2)27-41(59-49(69)40(23-19-34-11-5-4-6-12-34)57-45(65)31-55-48(68)39(14-9-25-52)58-51(71)42-15-10-26-63(42)33(3)64)50(70)62-61-47(67)36-20-17-35(18-21-36)28-54-46(66)38-22-24-44(53-29-38)60-56-30-37-13-7-8-16-43(37)75(72,73)74/h4-8,11-13,16-18,20-22,24,29-30,32,39-42H,9-10,14-15,19,23,25-28,31,52H2,1-3H3,(H,53,60)(H,54,66)(H,55,68)(H,57,65)(H,58,71)(H,59,69)(H,61,67)(H,62,70)(H,72,73,74)/b56-30+/t39-,40-,41-,42-/m0/s1. The summed E-state index contributed by atoms with van der Waals surface area (Å²) in [5.74, 6) is -4.47. The maximum atomic E-state index is 13.9. The van der Waals surface area contributed by atoms with Gasteiger partial charge in [-0.3, -0.25) is 59.2 Å². The maximum Gasteiger partial charge on any atom is 0.295 e. The zero-order valence-corrected chi connectivity index (χ0v) is 42.7. The summed E-state index contributed by atoms with van der Waals surface area (Å²) in [6.45, 7) is 5.27. The van der Waals surface area contributed by atoms with Crippen molar-refractivity contribution in [3.8, 4) is 0 Å². The minimum absolute atomic E-state index is 0.0890. The molecule has 1 aliphatic rings. The Morgan fingerprint density at radius 1 is 0.773 bits per heavy atom. The van der Waals surface area contributed by atoms with Crippen LogP contribution < -0.4 is 48.6 Å². The highest BCUT2D eigenvalue weighted by Gasteiger charge is 2.35. The van der Waals surface area contributed by atoms with Crippen molar-refractivity contribution in [3.63, 3.8) is 0 Å². The van der Waals surface area contributed by atoms with Gasteiger partial charge in [0.15, 0.2) is 0 Å². The van der Waals surface area contributed by atoms with E-state index in [1.54, 1.807) is 18.2 Å². The van der Waals surface area contributed by atoms with Gasteiger partial charge < -0.3 is 37.2 Å². The van der Waals surface area contributed by atoms with Gasteiger partial charge in [-0.05, 0) is 98.9 Å². The number of pyridine rings is 1. The molecule has 5 rings (SSSR count). The summed E-state index contributed by atoms with van der Waals surface area (Å²) in [5.41, 5.74) is 15.1. The molecule has 1 aromatic heterocycles. The number of hydrogen-bond donors (Lipinski definition) is 10. The van der Waals surface area contributed by atoms with Crippen LogP contribution in [0.15, 0.2) is 107 Å². The molecule has 75 heavy (non-hydrogen) atoms. The van der Waals surface area contributed by atoms with Crippen molar-refractivity contribution in [1.82, 2.24) is 47.3 Å². The highest BCUT2D eigenvalue weighted by molar-refractivity contribution is 7.86. The predicted molar refractivity (Wildman–Crippen MR) is 277 cm³/mol. The van der Waals surface area contributed by atoms with Crippen molar-refractivity contribution in [2.45, 2.75) is 101 Å². The van der Waals surface area contributed by atoms with E-state index >= 15 is 0 Å². The number of carbonyl (C=O) groups excluding carboxylic acids is 8. The number of hydrogen-bond acceptors (Lipinski definition) is 14. The van der Waals surface area contributed by atoms with Crippen LogP contribution in [0.4, 0.5) is 5.82 Å². The second kappa shape index (κ2) is 28.4. The smallest absolute Gasteiger partial charge is 0.295 e. The fourth-order valence-corrected chi connectivity index (χ4v) is 8.60. The van der Waals surface area contributed by atoms with E-state index in [-0.39, 0.29) is 71.6 Å². The fraction of sp³-hybridized carbons (Fsp3) is 0.373. The van der Waals surface area contributed by atoms with Crippen molar-refractivity contribution >= 4 is 69.4 Å². The molecule has 1 saturated heterocycles. The molecule has 3 aromatic carbocycles. The number of aromatic nitrogens is 1. The predicted octanol–water partition coefficient (Wildman–Crippen LogP) is 1.46. The van der Waals surface area contributed by atoms with Crippen molar-refractivity contribution in [3.05, 3.63) is 125 Å². The van der Waals surface area contributed by atoms with E-state index in [9.17, 15) is 51.3 Å². The molecule has 0 saturated carbocycles. The second-order valence-electron chi connectivity index (χ2n) is 18.1. The molecule has 8 amide bonds. The molecular formula is C51H64N12O11S. The average Bonchev–Trinajstić information content (AvgIpc) is 3.90. The number of rotatable bonds is 25. The summed E-state index contributed by atoms with van der Waals surface area (Å²) in [6.07, 6.45) is 4.81. The van der Waals surface area contributed by atoms with E-state index in [1.165, 1.54) is 66.7 Å². The van der Waals surface area contributed by atoms with Gasteiger partial charge in [-0.2, -0.15) is 13.5 Å². The summed E-state index contributed by atoms with van der Waals surface area (Å²) in [7, 11) is -4.46. The van der Waals surface area contributed by atoms with E-state index < -0.39 is 82.2 Å². The van der Waals surface area contributed by atoms with Crippen LogP contribution in [0.5, 0.6) is 0 Å². The Bertz CT molecular complexity index is 2780. The van der Waals surface area contributed by atoms with Crippen molar-refractivity contribution < 1.29 is 51.3 Å². The summed E-state index contributed by atoms with van der Waals surface area (Å²) in [4.78, 5) is 111. The Morgan fingerprint density at radius 2 is 1.47 bits per heavy atom. The van der Waals surface area contributed by atoms with Crippen LogP contribution in [0.25, 0.3) is 0 Å². The lowest BCUT2D eigenvalue weighted by Gasteiger charge is -2.26. The molecule has 0 spiro atoms. The fourth-order valence-electron chi connectivity index (χ4n) is 7.93. The molecule has 0 bridgehead atoms. The molecule has 1 fully saturated rings. The van der Waals surface area contributed by atoms with Crippen LogP contribution in [0.1, 0.15) is 96.7 Å². The van der Waals surface area contributed by atoms with Gasteiger partial charge in [-0.1, -0.05) is 74.5 Å². The Kier molecular flexibility index (Phi) is 21.9. The SMILES string of the molecule is CC(=O)N1CCC[C@H]1C(=O)N[C@@H](CCCN)C(=O)NCC(=O)N[C@@H](CCc1ccccc1)C(=O)N[C@@H](CC(C)C)C(=O)NNC(=O)c1ccc(CNC(=O)c2ccc(N/N=C/c3ccccc3S(=O)(=O)O)nc2)cc1. The normalized spacial score (nSPS) is 14.5. The Morgan fingerprint density at radius 3 is 2.13 bits per heavy atom. The highest BCUT2D eigenvalue weighted by atomic mass is 32.2. The van der Waals surface area contributed by atoms with Gasteiger partial charge in [0.1, 0.15) is 34.9 Å². The van der Waals surface area contributed by atoms with E-state index in [0.717, 1.165) is 5.56 Å².